The molecule has 6 rings (SSSR count). The van der Waals surface area contributed by atoms with E-state index in [4.69, 9.17) is 10.7 Å². The fraction of sp³-hybridized carbons (Fsp3) is 0.321. The van der Waals surface area contributed by atoms with Crippen LogP contribution in [0.1, 0.15) is 54.4 Å². The second-order valence-electron chi connectivity index (χ2n) is 10.4. The van der Waals surface area contributed by atoms with Crippen LogP contribution in [0.15, 0.2) is 48.7 Å². The monoisotopic (exact) mass is 501 g/mol. The van der Waals surface area contributed by atoms with Crippen LogP contribution in [-0.4, -0.2) is 42.6 Å². The van der Waals surface area contributed by atoms with Gasteiger partial charge in [-0.3, -0.25) is 9.20 Å². The predicted molar refractivity (Wildman–Crippen MR) is 138 cm³/mol. The number of nitrogens with two attached hydrogens (primary N) is 1. The summed E-state index contributed by atoms with van der Waals surface area (Å²) in [6.07, 6.45) is 1.93. The zero-order valence-corrected chi connectivity index (χ0v) is 20.6. The van der Waals surface area contributed by atoms with E-state index in [1.807, 2.05) is 23.6 Å². The van der Waals surface area contributed by atoms with Crippen molar-refractivity contribution in [2.45, 2.75) is 50.7 Å². The van der Waals surface area contributed by atoms with Gasteiger partial charge in [-0.2, -0.15) is 0 Å². The van der Waals surface area contributed by atoms with Gasteiger partial charge < -0.3 is 20.8 Å². The number of aliphatic hydroxyl groups excluding tert-OH is 1. The lowest BCUT2D eigenvalue weighted by Gasteiger charge is -2.40. The largest absolute Gasteiger partial charge is 0.390 e. The summed E-state index contributed by atoms with van der Waals surface area (Å²) >= 11 is 0. The van der Waals surface area contributed by atoms with E-state index in [-0.39, 0.29) is 23.8 Å². The summed E-state index contributed by atoms with van der Waals surface area (Å²) in [5, 5.41) is 20.9. The fourth-order valence-corrected chi connectivity index (χ4v) is 5.73. The van der Waals surface area contributed by atoms with Gasteiger partial charge in [0.2, 0.25) is 0 Å². The summed E-state index contributed by atoms with van der Waals surface area (Å²) in [4.78, 5) is 23.7. The summed E-state index contributed by atoms with van der Waals surface area (Å²) in [5.41, 5.74) is 8.81. The maximum atomic E-state index is 16.0. The van der Waals surface area contributed by atoms with Crippen LogP contribution in [-0.2, 0) is 11.2 Å². The van der Waals surface area contributed by atoms with E-state index in [1.54, 1.807) is 43.3 Å². The van der Waals surface area contributed by atoms with Crippen molar-refractivity contribution in [3.63, 3.8) is 0 Å². The molecule has 2 aromatic carbocycles. The Labute approximate surface area is 213 Å². The quantitative estimate of drug-likeness (QED) is 0.393. The van der Waals surface area contributed by atoms with Gasteiger partial charge >= 0.3 is 0 Å². The van der Waals surface area contributed by atoms with Crippen LogP contribution in [0.25, 0.3) is 16.8 Å². The van der Waals surface area contributed by atoms with E-state index in [2.05, 4.69) is 4.98 Å². The molecular weight excluding hydrogens is 473 g/mol. The number of aryl methyl sites for hydroxylation is 1. The third kappa shape index (κ3) is 3.77. The molecule has 1 saturated carbocycles. The van der Waals surface area contributed by atoms with E-state index in [0.717, 1.165) is 5.82 Å². The fourth-order valence-electron chi connectivity index (χ4n) is 5.73. The van der Waals surface area contributed by atoms with Crippen LogP contribution < -0.4 is 10.6 Å². The molecule has 9 heteroatoms. The number of hydrogen-bond donors (Lipinski definition) is 3. The summed E-state index contributed by atoms with van der Waals surface area (Å²) in [6, 6.07) is 12.0. The molecule has 2 aliphatic rings. The van der Waals surface area contributed by atoms with Gasteiger partial charge in [-0.05, 0) is 50.8 Å². The highest BCUT2D eigenvalue weighted by molar-refractivity contribution is 5.99. The highest BCUT2D eigenvalue weighted by Crippen LogP contribution is 2.46. The third-order valence-electron chi connectivity index (χ3n) is 7.50. The second kappa shape index (κ2) is 8.36. The summed E-state index contributed by atoms with van der Waals surface area (Å²) in [5.74, 6) is 0.0309. The standard InChI is InChI=1S/C28H28FN5O3/c1-15-14-34-23(25(30)31-15)22(32-26(34)17-12-28(2,37)13-17)19-8-9-20-18(21(19)29)10-11-33(20)27(36)24(35)16-6-4-3-5-7-16/h3-9,14,17,24,35,37H,10-13H2,1-2H3,(H2,30,31)/t17?,24-,28?/m1/s1. The van der Waals surface area contributed by atoms with E-state index < -0.39 is 23.4 Å². The minimum atomic E-state index is -1.33. The molecule has 3 heterocycles. The van der Waals surface area contributed by atoms with Crippen molar-refractivity contribution >= 4 is 22.9 Å². The zero-order chi connectivity index (χ0) is 26.1. The van der Waals surface area contributed by atoms with Gasteiger partial charge in [0.1, 0.15) is 28.7 Å². The van der Waals surface area contributed by atoms with Crippen molar-refractivity contribution in [2.24, 2.45) is 0 Å². The molecular formula is C28H28FN5O3. The Balaban J connectivity index is 1.41. The van der Waals surface area contributed by atoms with Crippen molar-refractivity contribution in [1.82, 2.24) is 14.4 Å². The highest BCUT2D eigenvalue weighted by atomic mass is 19.1. The van der Waals surface area contributed by atoms with E-state index in [0.29, 0.717) is 53.0 Å². The third-order valence-corrected chi connectivity index (χ3v) is 7.50. The zero-order valence-electron chi connectivity index (χ0n) is 20.6. The summed E-state index contributed by atoms with van der Waals surface area (Å²) in [6.45, 7) is 3.90. The number of halogens is 1. The predicted octanol–water partition coefficient (Wildman–Crippen LogP) is 3.68. The molecule has 2 aromatic heterocycles. The molecule has 0 radical (unpaired) electrons. The molecule has 1 atom stereocenters. The average Bonchev–Trinajstić information content (AvgIpc) is 3.45. The first-order chi connectivity index (χ1) is 17.6. The summed E-state index contributed by atoms with van der Waals surface area (Å²) in [7, 11) is 0. The number of anilines is 2. The molecule has 0 bridgehead atoms. The van der Waals surface area contributed by atoms with E-state index in [9.17, 15) is 15.0 Å². The maximum absolute atomic E-state index is 16.0. The Morgan fingerprint density at radius 3 is 2.62 bits per heavy atom. The van der Waals surface area contributed by atoms with Crippen molar-refractivity contribution in [3.8, 4) is 11.3 Å². The van der Waals surface area contributed by atoms with E-state index in [1.165, 1.54) is 4.90 Å². The molecule has 37 heavy (non-hydrogen) atoms. The van der Waals surface area contributed by atoms with Gasteiger partial charge in [0.15, 0.2) is 6.10 Å². The molecule has 1 amide bonds. The Morgan fingerprint density at radius 2 is 1.92 bits per heavy atom. The molecule has 4 aromatic rings. The number of aliphatic hydroxyl groups is 2. The van der Waals surface area contributed by atoms with E-state index >= 15 is 4.39 Å². The number of nitrogen functional groups attached to an aromatic ring is 1. The number of carbonyl (C=O) groups excluding carboxylic acids is 1. The Morgan fingerprint density at radius 1 is 1.19 bits per heavy atom. The molecule has 0 unspecified atom stereocenters. The van der Waals surface area contributed by atoms with Crippen molar-refractivity contribution in [2.75, 3.05) is 17.2 Å². The highest BCUT2D eigenvalue weighted by Gasteiger charge is 2.42. The first-order valence-electron chi connectivity index (χ1n) is 12.4. The molecule has 1 aliphatic heterocycles. The minimum Gasteiger partial charge on any atom is -0.390 e. The number of rotatable bonds is 4. The molecule has 1 aliphatic carbocycles. The molecule has 1 fully saturated rings. The number of fused-ring (bicyclic) bond motifs is 2. The van der Waals surface area contributed by atoms with Crippen LogP contribution in [0, 0.1) is 12.7 Å². The molecule has 0 saturated heterocycles. The lowest BCUT2D eigenvalue weighted by molar-refractivity contribution is -0.126. The van der Waals surface area contributed by atoms with Gasteiger partial charge in [0.25, 0.3) is 5.91 Å². The molecule has 8 nitrogen and oxygen atoms in total. The topological polar surface area (TPSA) is 117 Å². The number of imidazole rings is 1. The Hall–Kier alpha value is -3.82. The number of amides is 1. The maximum Gasteiger partial charge on any atom is 0.260 e. The molecule has 4 N–H and O–H groups in total. The van der Waals surface area contributed by atoms with Gasteiger partial charge in [0, 0.05) is 35.5 Å². The first kappa shape index (κ1) is 23.6. The number of carbonyl (C=O) groups is 1. The van der Waals surface area contributed by atoms with Crippen LogP contribution in [0.3, 0.4) is 0 Å². The van der Waals surface area contributed by atoms with Gasteiger partial charge in [-0.25, -0.2) is 14.4 Å². The summed E-state index contributed by atoms with van der Waals surface area (Å²) < 4.78 is 17.9. The molecule has 0 spiro atoms. The number of nitrogens with zero attached hydrogens (tertiary/aromatic N) is 4. The van der Waals surface area contributed by atoms with Crippen LogP contribution in [0.2, 0.25) is 0 Å². The molecule has 190 valence electrons. The smallest absolute Gasteiger partial charge is 0.260 e. The number of hydrogen-bond acceptors (Lipinski definition) is 6. The lowest BCUT2D eigenvalue weighted by atomic mass is 9.72. The van der Waals surface area contributed by atoms with Crippen molar-refractivity contribution in [1.29, 1.82) is 0 Å². The Bertz CT molecular complexity index is 1540. The van der Waals surface area contributed by atoms with Crippen molar-refractivity contribution < 1.29 is 19.4 Å². The Kier molecular flexibility index (Phi) is 5.32. The number of aromatic nitrogens is 3. The van der Waals surface area contributed by atoms with Crippen LogP contribution in [0.5, 0.6) is 0 Å². The normalized spacial score (nSPS) is 21.6. The SMILES string of the molecule is Cc1cn2c(C3CC(C)(O)C3)nc(-c3ccc4c(c3F)CCN4C(=O)[C@H](O)c3ccccc3)c2c(N)n1. The van der Waals surface area contributed by atoms with Gasteiger partial charge in [-0.15, -0.1) is 0 Å². The van der Waals surface area contributed by atoms with Crippen LogP contribution in [0.4, 0.5) is 15.9 Å². The lowest BCUT2D eigenvalue weighted by Crippen LogP contribution is -2.40. The number of benzene rings is 2. The van der Waals surface area contributed by atoms with Gasteiger partial charge in [-0.1, -0.05) is 30.3 Å². The van der Waals surface area contributed by atoms with Crippen molar-refractivity contribution in [3.05, 3.63) is 77.1 Å². The minimum absolute atomic E-state index is 0.0162. The second-order valence-corrected chi connectivity index (χ2v) is 10.4. The first-order valence-corrected chi connectivity index (χ1v) is 12.4. The van der Waals surface area contributed by atoms with Gasteiger partial charge in [0.05, 0.1) is 11.3 Å². The average molecular weight is 502 g/mol. The van der Waals surface area contributed by atoms with Crippen LogP contribution >= 0.6 is 0 Å².